The molecule has 0 bridgehead atoms. The summed E-state index contributed by atoms with van der Waals surface area (Å²) in [5.41, 5.74) is -2.56. The number of aliphatic hydroxyl groups is 1. The molecule has 168 valence electrons. The molecule has 2 rings (SSSR count). The molecule has 11 nitrogen and oxygen atoms in total. The average Bonchev–Trinajstić information content (AvgIpc) is 2.73. The third kappa shape index (κ3) is 5.33. The standard InChI is InChI=1S/C19H29N3O8/c1-13(24)14-5-3-4-6-15(14)16(25)30-12-9-22-18(27)20(7-10-23)17(26)21(19(22)28)8-11-29-2/h14-15,23H,3-12H2,1-2H3. The second kappa shape index (κ2) is 11.0. The van der Waals surface area contributed by atoms with Gasteiger partial charge in [-0.15, -0.1) is 0 Å². The number of aromatic nitrogens is 3. The number of carbonyl (C=O) groups excluding carboxylic acids is 2. The van der Waals surface area contributed by atoms with Crippen LogP contribution < -0.4 is 17.1 Å². The van der Waals surface area contributed by atoms with E-state index < -0.39 is 35.6 Å². The summed E-state index contributed by atoms with van der Waals surface area (Å²) in [6.45, 7) is 0.240. The molecule has 30 heavy (non-hydrogen) atoms. The van der Waals surface area contributed by atoms with Gasteiger partial charge in [-0.2, -0.15) is 0 Å². The van der Waals surface area contributed by atoms with Crippen LogP contribution in [0.15, 0.2) is 14.4 Å². The summed E-state index contributed by atoms with van der Waals surface area (Å²) in [4.78, 5) is 61.8. The quantitative estimate of drug-likeness (QED) is 0.457. The number of hydrogen-bond acceptors (Lipinski definition) is 8. The highest BCUT2D eigenvalue weighted by Gasteiger charge is 2.34. The lowest BCUT2D eigenvalue weighted by Crippen LogP contribution is -2.55. The van der Waals surface area contributed by atoms with E-state index in [1.165, 1.54) is 14.0 Å². The molecule has 1 aromatic heterocycles. The van der Waals surface area contributed by atoms with Gasteiger partial charge in [0.25, 0.3) is 0 Å². The second-order valence-electron chi connectivity index (χ2n) is 7.29. The van der Waals surface area contributed by atoms with Gasteiger partial charge in [0, 0.05) is 13.0 Å². The van der Waals surface area contributed by atoms with Crippen molar-refractivity contribution in [3.05, 3.63) is 31.5 Å². The fourth-order valence-electron chi connectivity index (χ4n) is 3.78. The van der Waals surface area contributed by atoms with Crippen molar-refractivity contribution in [2.45, 2.75) is 52.2 Å². The molecule has 1 aliphatic carbocycles. The number of nitrogens with zero attached hydrogens (tertiary/aromatic N) is 3. The van der Waals surface area contributed by atoms with Crippen LogP contribution in [0.2, 0.25) is 0 Å². The fourth-order valence-corrected chi connectivity index (χ4v) is 3.78. The minimum atomic E-state index is -0.886. The first kappa shape index (κ1) is 23.7. The lowest BCUT2D eigenvalue weighted by molar-refractivity contribution is -0.154. The molecule has 1 saturated carbocycles. The van der Waals surface area contributed by atoms with Gasteiger partial charge in [-0.05, 0) is 19.8 Å². The molecule has 11 heteroatoms. The van der Waals surface area contributed by atoms with Crippen LogP contribution in [-0.2, 0) is 38.7 Å². The Bertz CT molecular complexity index is 929. The van der Waals surface area contributed by atoms with E-state index in [-0.39, 0.29) is 44.5 Å². The molecule has 2 atom stereocenters. The summed E-state index contributed by atoms with van der Waals surface area (Å²) < 4.78 is 12.6. The van der Waals surface area contributed by atoms with Gasteiger partial charge in [0.1, 0.15) is 12.4 Å². The first-order valence-corrected chi connectivity index (χ1v) is 10.0. The Kier molecular flexibility index (Phi) is 8.72. The van der Waals surface area contributed by atoms with Gasteiger partial charge < -0.3 is 14.6 Å². The van der Waals surface area contributed by atoms with Crippen LogP contribution in [-0.4, -0.2) is 57.5 Å². The van der Waals surface area contributed by atoms with Gasteiger partial charge in [0.05, 0.1) is 38.8 Å². The normalized spacial score (nSPS) is 18.9. The van der Waals surface area contributed by atoms with E-state index in [1.54, 1.807) is 0 Å². The van der Waals surface area contributed by atoms with Crippen LogP contribution in [0.3, 0.4) is 0 Å². The minimum absolute atomic E-state index is 0.0509. The molecule has 2 unspecified atom stereocenters. The van der Waals surface area contributed by atoms with Gasteiger partial charge in [-0.25, -0.2) is 28.1 Å². The van der Waals surface area contributed by atoms with Crippen molar-refractivity contribution in [3.8, 4) is 0 Å². The predicted molar refractivity (Wildman–Crippen MR) is 105 cm³/mol. The van der Waals surface area contributed by atoms with Gasteiger partial charge in [0.2, 0.25) is 0 Å². The van der Waals surface area contributed by atoms with Gasteiger partial charge in [-0.3, -0.25) is 9.59 Å². The largest absolute Gasteiger partial charge is 0.464 e. The van der Waals surface area contributed by atoms with Gasteiger partial charge in [0.15, 0.2) is 0 Å². The summed E-state index contributed by atoms with van der Waals surface area (Å²) in [6, 6.07) is 0. The van der Waals surface area contributed by atoms with Crippen molar-refractivity contribution in [2.24, 2.45) is 11.8 Å². The monoisotopic (exact) mass is 427 g/mol. The molecule has 0 aliphatic heterocycles. The number of Topliss-reactive ketones (excluding diaryl/α,β-unsaturated/α-hetero) is 1. The molecular formula is C19H29N3O8. The molecular weight excluding hydrogens is 398 g/mol. The summed E-state index contributed by atoms with van der Waals surface area (Å²) in [7, 11) is 1.41. The average molecular weight is 427 g/mol. The molecule has 0 spiro atoms. The highest BCUT2D eigenvalue weighted by Crippen LogP contribution is 2.31. The zero-order chi connectivity index (χ0) is 22.3. The van der Waals surface area contributed by atoms with E-state index in [4.69, 9.17) is 14.6 Å². The highest BCUT2D eigenvalue weighted by atomic mass is 16.5. The highest BCUT2D eigenvalue weighted by molar-refractivity contribution is 5.85. The van der Waals surface area contributed by atoms with Crippen molar-refractivity contribution in [3.63, 3.8) is 0 Å². The molecule has 1 aliphatic rings. The maximum Gasteiger partial charge on any atom is 0.336 e. The number of aliphatic hydroxyl groups excluding tert-OH is 1. The summed E-state index contributed by atoms with van der Waals surface area (Å²) in [5, 5.41) is 9.14. The maximum absolute atomic E-state index is 12.6. The smallest absolute Gasteiger partial charge is 0.336 e. The van der Waals surface area contributed by atoms with Crippen LogP contribution in [0.25, 0.3) is 0 Å². The van der Waals surface area contributed by atoms with Crippen molar-refractivity contribution in [1.29, 1.82) is 0 Å². The van der Waals surface area contributed by atoms with E-state index in [1.807, 2.05) is 0 Å². The molecule has 1 N–H and O–H groups in total. The lowest BCUT2D eigenvalue weighted by Gasteiger charge is -2.27. The van der Waals surface area contributed by atoms with E-state index in [2.05, 4.69) is 0 Å². The van der Waals surface area contributed by atoms with Crippen LogP contribution in [0.5, 0.6) is 0 Å². The molecule has 1 heterocycles. The Morgan fingerprint density at radius 3 is 1.90 bits per heavy atom. The number of rotatable bonds is 10. The van der Waals surface area contributed by atoms with Gasteiger partial charge in [-0.1, -0.05) is 12.8 Å². The number of methoxy groups -OCH3 is 1. The topological polar surface area (TPSA) is 139 Å². The Morgan fingerprint density at radius 1 is 0.900 bits per heavy atom. The van der Waals surface area contributed by atoms with Crippen LogP contribution >= 0.6 is 0 Å². The number of carbonyl (C=O) groups is 2. The zero-order valence-corrected chi connectivity index (χ0v) is 17.4. The van der Waals surface area contributed by atoms with Gasteiger partial charge >= 0.3 is 23.0 Å². The van der Waals surface area contributed by atoms with Crippen LogP contribution in [0.4, 0.5) is 0 Å². The number of ether oxygens (including phenoxy) is 2. The van der Waals surface area contributed by atoms with E-state index in [0.29, 0.717) is 12.8 Å². The second-order valence-corrected chi connectivity index (χ2v) is 7.29. The van der Waals surface area contributed by atoms with Crippen molar-refractivity contribution in [2.75, 3.05) is 26.9 Å². The molecule has 1 fully saturated rings. The lowest BCUT2D eigenvalue weighted by atomic mass is 9.77. The first-order valence-electron chi connectivity index (χ1n) is 10.0. The molecule has 0 aromatic carbocycles. The minimum Gasteiger partial charge on any atom is -0.464 e. The summed E-state index contributed by atoms with van der Waals surface area (Å²) >= 11 is 0. The predicted octanol–water partition coefficient (Wildman–Crippen LogP) is -1.25. The number of esters is 1. The summed E-state index contributed by atoms with van der Waals surface area (Å²) in [6.07, 6.45) is 2.93. The SMILES string of the molecule is COCCn1c(=O)n(CCO)c(=O)n(CCOC(=O)C2CCCCC2C(C)=O)c1=O. The summed E-state index contributed by atoms with van der Waals surface area (Å²) in [5.74, 6) is -1.46. The maximum atomic E-state index is 12.6. The Labute approximate surface area is 172 Å². The Morgan fingerprint density at radius 2 is 1.40 bits per heavy atom. The molecule has 0 amide bonds. The Balaban J connectivity index is 2.19. The number of hydrogen-bond donors (Lipinski definition) is 1. The van der Waals surface area contributed by atoms with E-state index in [0.717, 1.165) is 26.5 Å². The van der Waals surface area contributed by atoms with Crippen molar-refractivity contribution in [1.82, 2.24) is 13.7 Å². The Hall–Kier alpha value is -2.53. The van der Waals surface area contributed by atoms with Crippen LogP contribution in [0.1, 0.15) is 32.6 Å². The molecule has 0 saturated heterocycles. The molecule has 0 radical (unpaired) electrons. The van der Waals surface area contributed by atoms with Crippen molar-refractivity contribution >= 4 is 11.8 Å². The van der Waals surface area contributed by atoms with E-state index in [9.17, 15) is 24.0 Å². The number of ketones is 1. The van der Waals surface area contributed by atoms with Crippen LogP contribution in [0, 0.1) is 11.8 Å². The third-order valence-electron chi connectivity index (χ3n) is 5.38. The third-order valence-corrected chi connectivity index (χ3v) is 5.38. The molecule has 1 aromatic rings. The first-order chi connectivity index (χ1) is 14.3. The van der Waals surface area contributed by atoms with E-state index >= 15 is 0 Å². The zero-order valence-electron chi connectivity index (χ0n) is 17.4. The van der Waals surface area contributed by atoms with Crippen molar-refractivity contribution < 1.29 is 24.2 Å². The fraction of sp³-hybridized carbons (Fsp3) is 0.737.